The predicted molar refractivity (Wildman–Crippen MR) is 141 cm³/mol. The molecule has 37 heavy (non-hydrogen) atoms. The molecule has 2 bridgehead atoms. The number of morpholine rings is 1. The van der Waals surface area contributed by atoms with E-state index in [1.54, 1.807) is 18.3 Å². The number of ether oxygens (including phenoxy) is 1. The molecule has 0 spiro atoms. The van der Waals surface area contributed by atoms with Crippen molar-refractivity contribution < 1.29 is 9.84 Å². The van der Waals surface area contributed by atoms with E-state index >= 15 is 0 Å². The number of nitrogens with two attached hydrogens (primary N) is 1. The molecule has 3 saturated heterocycles. The van der Waals surface area contributed by atoms with Crippen LogP contribution in [0.15, 0.2) is 42.6 Å². The van der Waals surface area contributed by atoms with E-state index in [4.69, 9.17) is 15.5 Å². The van der Waals surface area contributed by atoms with Crippen LogP contribution in [0, 0.1) is 11.8 Å². The molecule has 10 nitrogen and oxygen atoms in total. The van der Waals surface area contributed by atoms with Crippen molar-refractivity contribution in [3.63, 3.8) is 0 Å². The molecule has 5 heterocycles. The zero-order chi connectivity index (χ0) is 25.2. The summed E-state index contributed by atoms with van der Waals surface area (Å²) in [6.07, 6.45) is 4.21. The SMILES string of the molecule is Nc1nnc(-c2ccccc2O)cc1N1CCCN(c2ccnc(C#CCN3C[C@H]4C[C@@H]3CO4)n2)CC1. The number of aromatic hydroxyl groups is 1. The second kappa shape index (κ2) is 10.2. The lowest BCUT2D eigenvalue weighted by atomic mass is 10.1. The predicted octanol–water partition coefficient (Wildman–Crippen LogP) is 1.76. The Hall–Kier alpha value is -3.94. The van der Waals surface area contributed by atoms with Crippen molar-refractivity contribution in [3.8, 4) is 28.8 Å². The normalized spacial score (nSPS) is 21.5. The minimum atomic E-state index is 0.166. The number of para-hydroxylation sites is 1. The molecule has 2 atom stereocenters. The second-order valence-electron chi connectivity index (χ2n) is 9.66. The summed E-state index contributed by atoms with van der Waals surface area (Å²) in [6.45, 7) is 5.72. The number of nitrogens with zero attached hydrogens (tertiary/aromatic N) is 7. The van der Waals surface area contributed by atoms with Crippen molar-refractivity contribution in [3.05, 3.63) is 48.4 Å². The van der Waals surface area contributed by atoms with E-state index in [1.807, 2.05) is 24.3 Å². The Morgan fingerprint density at radius 2 is 1.95 bits per heavy atom. The molecular weight excluding hydrogens is 468 g/mol. The Bertz CT molecular complexity index is 1340. The molecule has 3 N–H and O–H groups in total. The number of hydrogen-bond donors (Lipinski definition) is 2. The highest BCUT2D eigenvalue weighted by Gasteiger charge is 2.38. The van der Waals surface area contributed by atoms with E-state index in [1.165, 1.54) is 0 Å². The van der Waals surface area contributed by atoms with Crippen molar-refractivity contribution in [1.82, 2.24) is 25.1 Å². The Labute approximate surface area is 216 Å². The minimum absolute atomic E-state index is 0.166. The number of rotatable bonds is 4. The first-order valence-corrected chi connectivity index (χ1v) is 12.7. The summed E-state index contributed by atoms with van der Waals surface area (Å²) in [5.41, 5.74) is 8.28. The summed E-state index contributed by atoms with van der Waals surface area (Å²) in [5.74, 6) is 8.38. The summed E-state index contributed by atoms with van der Waals surface area (Å²) >= 11 is 0. The topological polar surface area (TPSA) is 117 Å². The zero-order valence-corrected chi connectivity index (χ0v) is 20.6. The Balaban J connectivity index is 1.13. The number of benzene rings is 1. The van der Waals surface area contributed by atoms with E-state index in [2.05, 4.69) is 41.7 Å². The largest absolute Gasteiger partial charge is 0.507 e. The van der Waals surface area contributed by atoms with Crippen LogP contribution in [-0.4, -0.2) is 88.2 Å². The summed E-state index contributed by atoms with van der Waals surface area (Å²) < 4.78 is 5.67. The van der Waals surface area contributed by atoms with Gasteiger partial charge in [-0.15, -0.1) is 10.2 Å². The lowest BCUT2D eigenvalue weighted by Gasteiger charge is -2.25. The van der Waals surface area contributed by atoms with Crippen LogP contribution in [0.2, 0.25) is 0 Å². The average Bonchev–Trinajstić information content (AvgIpc) is 3.45. The summed E-state index contributed by atoms with van der Waals surface area (Å²) in [5, 5.41) is 18.6. The maximum Gasteiger partial charge on any atom is 0.206 e. The highest BCUT2D eigenvalue weighted by atomic mass is 16.5. The number of nitrogen functional groups attached to an aromatic ring is 1. The van der Waals surface area contributed by atoms with Gasteiger partial charge in [0, 0.05) is 50.5 Å². The second-order valence-corrected chi connectivity index (χ2v) is 9.66. The van der Waals surface area contributed by atoms with Crippen molar-refractivity contribution in [2.75, 3.05) is 61.4 Å². The maximum atomic E-state index is 10.2. The van der Waals surface area contributed by atoms with Gasteiger partial charge in [-0.1, -0.05) is 18.1 Å². The number of fused-ring (bicyclic) bond motifs is 2. The van der Waals surface area contributed by atoms with Gasteiger partial charge in [0.25, 0.3) is 0 Å². The van der Waals surface area contributed by atoms with E-state index in [-0.39, 0.29) is 5.75 Å². The van der Waals surface area contributed by atoms with Gasteiger partial charge >= 0.3 is 0 Å². The molecule has 10 heteroatoms. The summed E-state index contributed by atoms with van der Waals surface area (Å²) in [6, 6.07) is 11.5. The van der Waals surface area contributed by atoms with Crippen LogP contribution in [0.25, 0.3) is 11.3 Å². The zero-order valence-electron chi connectivity index (χ0n) is 20.6. The van der Waals surface area contributed by atoms with Crippen molar-refractivity contribution in [1.29, 1.82) is 0 Å². The van der Waals surface area contributed by atoms with Gasteiger partial charge in [-0.2, -0.15) is 0 Å². The molecule has 0 unspecified atom stereocenters. The number of likely N-dealkylation sites (tertiary alicyclic amines) is 1. The van der Waals surface area contributed by atoms with Crippen LogP contribution in [0.5, 0.6) is 5.75 Å². The number of phenolic OH excluding ortho intramolecular Hbond substituents is 1. The fourth-order valence-electron chi connectivity index (χ4n) is 5.33. The highest BCUT2D eigenvalue weighted by Crippen LogP contribution is 2.32. The van der Waals surface area contributed by atoms with Crippen LogP contribution < -0.4 is 15.5 Å². The molecule has 2 aromatic heterocycles. The molecule has 3 aromatic rings. The Morgan fingerprint density at radius 3 is 2.78 bits per heavy atom. The number of aromatic nitrogens is 4. The standard InChI is InChI=1S/C27H30N8O2/c28-27-23(16-22(31-32-27)21-5-1-2-6-24(21)36)33-11-4-12-34(14-13-33)26-8-9-29-25(30-26)7-3-10-35-17-20-15-19(35)18-37-20/h1-2,5-6,8-9,16,19-20,36H,4,10-15,17-18H2,(H2,28,32)/t19-,20-/m1/s1. The molecule has 1 aromatic carbocycles. The van der Waals surface area contributed by atoms with Crippen molar-refractivity contribution in [2.24, 2.45) is 0 Å². The molecule has 3 fully saturated rings. The Kier molecular flexibility index (Phi) is 6.47. The van der Waals surface area contributed by atoms with Gasteiger partial charge in [-0.25, -0.2) is 9.97 Å². The third-order valence-electron chi connectivity index (χ3n) is 7.28. The monoisotopic (exact) mass is 498 g/mol. The fourth-order valence-corrected chi connectivity index (χ4v) is 5.33. The lowest BCUT2D eigenvalue weighted by Crippen LogP contribution is -2.37. The van der Waals surface area contributed by atoms with Gasteiger partial charge in [0.15, 0.2) is 5.82 Å². The van der Waals surface area contributed by atoms with Gasteiger partial charge in [-0.3, -0.25) is 4.90 Å². The van der Waals surface area contributed by atoms with E-state index in [0.29, 0.717) is 35.0 Å². The lowest BCUT2D eigenvalue weighted by molar-refractivity contribution is 0.0363. The molecule has 0 radical (unpaired) electrons. The van der Waals surface area contributed by atoms with Crippen LogP contribution in [0.3, 0.4) is 0 Å². The van der Waals surface area contributed by atoms with E-state index in [9.17, 15) is 5.11 Å². The van der Waals surface area contributed by atoms with Gasteiger partial charge in [0.2, 0.25) is 5.82 Å². The van der Waals surface area contributed by atoms with E-state index < -0.39 is 0 Å². The highest BCUT2D eigenvalue weighted by molar-refractivity contribution is 5.74. The fraction of sp³-hybridized carbons (Fsp3) is 0.407. The third-order valence-corrected chi connectivity index (χ3v) is 7.28. The smallest absolute Gasteiger partial charge is 0.206 e. The van der Waals surface area contributed by atoms with Gasteiger partial charge < -0.3 is 25.4 Å². The number of anilines is 3. The van der Waals surface area contributed by atoms with Crippen LogP contribution in [0.4, 0.5) is 17.3 Å². The number of hydrogen-bond acceptors (Lipinski definition) is 10. The molecule has 6 rings (SSSR count). The van der Waals surface area contributed by atoms with Gasteiger partial charge in [0.05, 0.1) is 30.6 Å². The van der Waals surface area contributed by atoms with Gasteiger partial charge in [0.1, 0.15) is 11.6 Å². The summed E-state index contributed by atoms with van der Waals surface area (Å²) in [4.78, 5) is 16.0. The minimum Gasteiger partial charge on any atom is -0.507 e. The quantitative estimate of drug-likeness (QED) is 0.516. The van der Waals surface area contributed by atoms with Crippen molar-refractivity contribution in [2.45, 2.75) is 25.0 Å². The molecule has 0 aliphatic carbocycles. The van der Waals surface area contributed by atoms with Crippen LogP contribution >= 0.6 is 0 Å². The molecule has 0 saturated carbocycles. The van der Waals surface area contributed by atoms with E-state index in [0.717, 1.165) is 70.2 Å². The maximum absolute atomic E-state index is 10.2. The van der Waals surface area contributed by atoms with Crippen LogP contribution in [0.1, 0.15) is 18.7 Å². The first-order chi connectivity index (χ1) is 18.1. The first kappa shape index (κ1) is 23.5. The Morgan fingerprint density at radius 1 is 1.08 bits per heavy atom. The van der Waals surface area contributed by atoms with Crippen LogP contribution in [-0.2, 0) is 4.74 Å². The molecule has 0 amide bonds. The van der Waals surface area contributed by atoms with Crippen molar-refractivity contribution >= 4 is 17.3 Å². The van der Waals surface area contributed by atoms with Gasteiger partial charge in [-0.05, 0) is 43.0 Å². The molecular formula is C27H30N8O2. The first-order valence-electron chi connectivity index (χ1n) is 12.7. The summed E-state index contributed by atoms with van der Waals surface area (Å²) in [7, 11) is 0. The third kappa shape index (κ3) is 5.01. The number of phenols is 1. The molecule has 3 aliphatic heterocycles. The molecule has 3 aliphatic rings. The average molecular weight is 499 g/mol. The molecule has 190 valence electrons.